The number of esters is 1. The van der Waals surface area contributed by atoms with E-state index in [1.54, 1.807) is 12.1 Å². The van der Waals surface area contributed by atoms with Crippen LogP contribution in [0.2, 0.25) is 0 Å². The summed E-state index contributed by atoms with van der Waals surface area (Å²) in [7, 11) is 1.39. The lowest BCUT2D eigenvalue weighted by Crippen LogP contribution is -2.50. The molecule has 1 aromatic rings. The lowest BCUT2D eigenvalue weighted by Gasteiger charge is -2.38. The van der Waals surface area contributed by atoms with E-state index in [2.05, 4.69) is 4.90 Å². The molecule has 1 aliphatic heterocycles. The zero-order valence-electron chi connectivity index (χ0n) is 14.4. The second-order valence-electron chi connectivity index (χ2n) is 6.69. The predicted octanol–water partition coefficient (Wildman–Crippen LogP) is 2.70. The second kappa shape index (κ2) is 7.69. The normalized spacial score (nSPS) is 19.2. The predicted molar refractivity (Wildman–Crippen MR) is 93.1 cm³/mol. The summed E-state index contributed by atoms with van der Waals surface area (Å²) >= 11 is 0. The number of hydrogen-bond donors (Lipinski definition) is 0. The Kier molecular flexibility index (Phi) is 5.38. The van der Waals surface area contributed by atoms with Gasteiger partial charge in [-0.3, -0.25) is 4.79 Å². The van der Waals surface area contributed by atoms with Crippen LogP contribution in [0.25, 0.3) is 0 Å². The van der Waals surface area contributed by atoms with Crippen molar-refractivity contribution in [2.45, 2.75) is 32.1 Å². The first-order chi connectivity index (χ1) is 11.7. The number of hydrogen-bond acceptors (Lipinski definition) is 4. The highest BCUT2D eigenvalue weighted by Gasteiger charge is 2.28. The molecule has 1 aromatic carbocycles. The minimum Gasteiger partial charge on any atom is -0.465 e. The molecule has 0 unspecified atom stereocenters. The van der Waals surface area contributed by atoms with Crippen molar-refractivity contribution < 1.29 is 14.3 Å². The maximum absolute atomic E-state index is 12.6. The summed E-state index contributed by atoms with van der Waals surface area (Å²) in [5.41, 5.74) is 1.65. The molecule has 0 bridgehead atoms. The van der Waals surface area contributed by atoms with Crippen molar-refractivity contribution in [3.63, 3.8) is 0 Å². The van der Waals surface area contributed by atoms with Gasteiger partial charge in [-0.15, -0.1) is 0 Å². The van der Waals surface area contributed by atoms with Crippen molar-refractivity contribution in [3.8, 4) is 0 Å². The number of nitrogens with zero attached hydrogens (tertiary/aromatic N) is 2. The lowest BCUT2D eigenvalue weighted by atomic mass is 9.88. The maximum Gasteiger partial charge on any atom is 0.337 e. The lowest BCUT2D eigenvalue weighted by molar-refractivity contribution is -0.136. The smallest absolute Gasteiger partial charge is 0.337 e. The van der Waals surface area contributed by atoms with E-state index in [0.29, 0.717) is 11.5 Å². The Morgan fingerprint density at radius 1 is 0.958 bits per heavy atom. The van der Waals surface area contributed by atoms with Crippen molar-refractivity contribution in [1.82, 2.24) is 4.90 Å². The molecule has 130 valence electrons. The third-order valence-corrected chi connectivity index (χ3v) is 5.20. The van der Waals surface area contributed by atoms with Crippen LogP contribution >= 0.6 is 0 Å². The average molecular weight is 330 g/mol. The van der Waals surface area contributed by atoms with E-state index in [4.69, 9.17) is 4.74 Å². The summed E-state index contributed by atoms with van der Waals surface area (Å²) in [4.78, 5) is 28.4. The van der Waals surface area contributed by atoms with Gasteiger partial charge in [0.05, 0.1) is 12.7 Å². The Bertz CT molecular complexity index is 571. The van der Waals surface area contributed by atoms with Gasteiger partial charge in [-0.1, -0.05) is 19.3 Å². The van der Waals surface area contributed by atoms with Gasteiger partial charge in [0.2, 0.25) is 5.91 Å². The zero-order valence-corrected chi connectivity index (χ0v) is 14.4. The fourth-order valence-electron chi connectivity index (χ4n) is 3.72. The van der Waals surface area contributed by atoms with Crippen LogP contribution in [0.4, 0.5) is 5.69 Å². The summed E-state index contributed by atoms with van der Waals surface area (Å²) in [5, 5.41) is 0. The molecule has 0 radical (unpaired) electrons. The van der Waals surface area contributed by atoms with Crippen LogP contribution in [0.1, 0.15) is 42.5 Å². The molecule has 0 N–H and O–H groups in total. The van der Waals surface area contributed by atoms with E-state index < -0.39 is 0 Å². The van der Waals surface area contributed by atoms with Gasteiger partial charge in [-0.2, -0.15) is 0 Å². The van der Waals surface area contributed by atoms with Crippen LogP contribution in [-0.4, -0.2) is 50.1 Å². The maximum atomic E-state index is 12.6. The molecule has 1 saturated heterocycles. The number of anilines is 1. The molecule has 0 spiro atoms. The topological polar surface area (TPSA) is 49.9 Å². The first kappa shape index (κ1) is 16.8. The van der Waals surface area contributed by atoms with E-state index in [-0.39, 0.29) is 11.9 Å². The van der Waals surface area contributed by atoms with Crippen molar-refractivity contribution in [2.24, 2.45) is 5.92 Å². The van der Waals surface area contributed by atoms with Gasteiger partial charge >= 0.3 is 5.97 Å². The van der Waals surface area contributed by atoms with Crippen LogP contribution in [0.15, 0.2) is 24.3 Å². The Balaban J connectivity index is 1.54. The highest BCUT2D eigenvalue weighted by molar-refractivity contribution is 5.89. The van der Waals surface area contributed by atoms with Crippen LogP contribution in [-0.2, 0) is 9.53 Å². The minimum absolute atomic E-state index is 0.254. The minimum atomic E-state index is -0.315. The van der Waals surface area contributed by atoms with E-state index in [9.17, 15) is 9.59 Å². The third kappa shape index (κ3) is 3.71. The number of piperazine rings is 1. The van der Waals surface area contributed by atoms with Crippen molar-refractivity contribution in [2.75, 3.05) is 38.2 Å². The van der Waals surface area contributed by atoms with Gasteiger partial charge in [0.15, 0.2) is 0 Å². The van der Waals surface area contributed by atoms with Crippen molar-refractivity contribution >= 4 is 17.6 Å². The molecule has 1 heterocycles. The first-order valence-electron chi connectivity index (χ1n) is 8.91. The molecule has 2 aliphatic rings. The number of amides is 1. The van der Waals surface area contributed by atoms with E-state index >= 15 is 0 Å². The fourth-order valence-corrected chi connectivity index (χ4v) is 3.72. The van der Waals surface area contributed by atoms with Gasteiger partial charge in [0.1, 0.15) is 0 Å². The number of benzene rings is 1. The molecule has 0 atom stereocenters. The second-order valence-corrected chi connectivity index (χ2v) is 6.69. The number of carbonyl (C=O) groups is 2. The highest BCUT2D eigenvalue weighted by Crippen LogP contribution is 2.26. The molecule has 5 nitrogen and oxygen atoms in total. The molecular weight excluding hydrogens is 304 g/mol. The molecule has 1 saturated carbocycles. The number of rotatable bonds is 3. The SMILES string of the molecule is COC(=O)c1ccc(N2CCN(C(=O)C3CCCCC3)CC2)cc1. The highest BCUT2D eigenvalue weighted by atomic mass is 16.5. The molecule has 24 heavy (non-hydrogen) atoms. The van der Waals surface area contributed by atoms with Gasteiger partial charge < -0.3 is 14.5 Å². The average Bonchev–Trinajstić information content (AvgIpc) is 2.68. The van der Waals surface area contributed by atoms with E-state index in [1.807, 2.05) is 17.0 Å². The number of carbonyl (C=O) groups excluding carboxylic acids is 2. The number of ether oxygens (including phenoxy) is 1. The molecule has 5 heteroatoms. The Morgan fingerprint density at radius 2 is 1.58 bits per heavy atom. The monoisotopic (exact) mass is 330 g/mol. The molecule has 3 rings (SSSR count). The fraction of sp³-hybridized carbons (Fsp3) is 0.579. The van der Waals surface area contributed by atoms with Crippen LogP contribution < -0.4 is 4.90 Å². The summed E-state index contributed by atoms with van der Waals surface area (Å²) < 4.78 is 4.72. The zero-order chi connectivity index (χ0) is 16.9. The standard InChI is InChI=1S/C19H26N2O3/c1-24-19(23)16-7-9-17(10-8-16)20-11-13-21(14-12-20)18(22)15-5-3-2-4-6-15/h7-10,15H,2-6,11-14H2,1H3. The van der Waals surface area contributed by atoms with Gasteiger partial charge in [0.25, 0.3) is 0 Å². The summed E-state index contributed by atoms with van der Waals surface area (Å²) in [6.45, 7) is 3.26. The van der Waals surface area contributed by atoms with Gasteiger partial charge in [0, 0.05) is 37.8 Å². The third-order valence-electron chi connectivity index (χ3n) is 5.20. The molecule has 1 aliphatic carbocycles. The van der Waals surface area contributed by atoms with Crippen molar-refractivity contribution in [3.05, 3.63) is 29.8 Å². The summed E-state index contributed by atoms with van der Waals surface area (Å²) in [6.07, 6.45) is 5.80. The van der Waals surface area contributed by atoms with E-state index in [1.165, 1.54) is 26.4 Å². The van der Waals surface area contributed by atoms with Crippen molar-refractivity contribution in [1.29, 1.82) is 0 Å². The quantitative estimate of drug-likeness (QED) is 0.800. The summed E-state index contributed by atoms with van der Waals surface area (Å²) in [5.74, 6) is 0.296. The number of methoxy groups -OCH3 is 1. The molecule has 0 aromatic heterocycles. The summed E-state index contributed by atoms with van der Waals surface area (Å²) in [6, 6.07) is 7.48. The van der Waals surface area contributed by atoms with Crippen LogP contribution in [0.3, 0.4) is 0 Å². The molecule has 1 amide bonds. The van der Waals surface area contributed by atoms with Crippen LogP contribution in [0.5, 0.6) is 0 Å². The van der Waals surface area contributed by atoms with Gasteiger partial charge in [-0.05, 0) is 37.1 Å². The Hall–Kier alpha value is -2.04. The molecule has 2 fully saturated rings. The Morgan fingerprint density at radius 3 is 2.17 bits per heavy atom. The van der Waals surface area contributed by atoms with Gasteiger partial charge in [-0.25, -0.2) is 4.79 Å². The van der Waals surface area contributed by atoms with E-state index in [0.717, 1.165) is 44.7 Å². The molecular formula is C19H26N2O3. The van der Waals surface area contributed by atoms with Crippen LogP contribution in [0, 0.1) is 5.92 Å². The largest absolute Gasteiger partial charge is 0.465 e. The first-order valence-corrected chi connectivity index (χ1v) is 8.91. The Labute approximate surface area is 143 Å².